The molecule has 1 aliphatic rings. The van der Waals surface area contributed by atoms with Crippen LogP contribution in [-0.4, -0.2) is 33.9 Å². The Hall–Kier alpha value is -2.14. The Bertz CT molecular complexity index is 817. The predicted molar refractivity (Wildman–Crippen MR) is 103 cm³/mol. The zero-order valence-corrected chi connectivity index (χ0v) is 15.8. The molecule has 0 spiro atoms. The summed E-state index contributed by atoms with van der Waals surface area (Å²) in [5.41, 5.74) is 1.87. The minimum Gasteiger partial charge on any atom is -0.342 e. The highest BCUT2D eigenvalue weighted by Gasteiger charge is 2.25. The summed E-state index contributed by atoms with van der Waals surface area (Å²) in [5, 5.41) is 0.729. The number of aromatic nitrogens is 2. The molecule has 6 heteroatoms. The molecule has 1 amide bonds. The smallest absolute Gasteiger partial charge is 0.251 e. The van der Waals surface area contributed by atoms with Gasteiger partial charge in [0.2, 0.25) is 5.91 Å². The van der Waals surface area contributed by atoms with Crippen LogP contribution in [0.25, 0.3) is 0 Å². The number of rotatable bonds is 5. The third kappa shape index (κ3) is 4.94. The maximum atomic E-state index is 12.6. The van der Waals surface area contributed by atoms with E-state index < -0.39 is 0 Å². The molecule has 1 aromatic heterocycles. The largest absolute Gasteiger partial charge is 0.342 e. The van der Waals surface area contributed by atoms with Crippen LogP contribution in [0.2, 0.25) is 5.02 Å². The van der Waals surface area contributed by atoms with Crippen molar-refractivity contribution in [1.29, 1.82) is 0 Å². The van der Waals surface area contributed by atoms with Crippen molar-refractivity contribution in [2.75, 3.05) is 13.1 Å². The molecule has 1 aromatic carbocycles. The molecule has 2 heterocycles. The fourth-order valence-electron chi connectivity index (χ4n) is 3.51. The molecule has 1 saturated heterocycles. The molecule has 1 atom stereocenters. The minimum atomic E-state index is -0.126. The molecule has 0 radical (unpaired) electrons. The molecular formula is C20H24ClN3O2. The van der Waals surface area contributed by atoms with E-state index in [1.54, 1.807) is 13.0 Å². The van der Waals surface area contributed by atoms with Crippen molar-refractivity contribution in [3.63, 3.8) is 0 Å². The summed E-state index contributed by atoms with van der Waals surface area (Å²) in [7, 11) is 0. The first-order valence-corrected chi connectivity index (χ1v) is 9.49. The van der Waals surface area contributed by atoms with Gasteiger partial charge in [-0.1, -0.05) is 23.7 Å². The Kier molecular flexibility index (Phi) is 6.09. The zero-order chi connectivity index (χ0) is 18.5. The van der Waals surface area contributed by atoms with Gasteiger partial charge in [0.05, 0.1) is 5.69 Å². The number of piperidine rings is 1. The third-order valence-corrected chi connectivity index (χ3v) is 5.09. The van der Waals surface area contributed by atoms with Gasteiger partial charge in [-0.25, -0.2) is 4.98 Å². The number of hydrogen-bond acceptors (Lipinski definition) is 3. The van der Waals surface area contributed by atoms with E-state index in [9.17, 15) is 9.59 Å². The molecule has 26 heavy (non-hydrogen) atoms. The van der Waals surface area contributed by atoms with E-state index in [0.717, 1.165) is 42.9 Å². The molecule has 1 aliphatic heterocycles. The number of aryl methyl sites for hydroxylation is 2. The van der Waals surface area contributed by atoms with E-state index in [0.29, 0.717) is 18.8 Å². The van der Waals surface area contributed by atoms with E-state index in [-0.39, 0.29) is 17.4 Å². The summed E-state index contributed by atoms with van der Waals surface area (Å²) in [5.74, 6) is 0.953. The summed E-state index contributed by atoms with van der Waals surface area (Å²) < 4.78 is 0. The standard InChI is InChI=1S/C20H24ClN3O2/c1-14-22-18(12-19(25)23-14)16-5-3-11-24(13-16)20(26)6-2-4-15-7-9-17(21)10-8-15/h7-10,12,16H,2-6,11,13H2,1H3,(H,22,23,25)/t16-/m1/s1. The first kappa shape index (κ1) is 18.6. The average molecular weight is 374 g/mol. The van der Waals surface area contributed by atoms with Gasteiger partial charge < -0.3 is 9.88 Å². The van der Waals surface area contributed by atoms with Crippen LogP contribution in [0.4, 0.5) is 0 Å². The van der Waals surface area contributed by atoms with Gasteiger partial charge in [-0.3, -0.25) is 9.59 Å². The van der Waals surface area contributed by atoms with E-state index in [1.165, 1.54) is 5.56 Å². The first-order valence-electron chi connectivity index (χ1n) is 9.11. The molecule has 5 nitrogen and oxygen atoms in total. The van der Waals surface area contributed by atoms with Crippen LogP contribution in [0.3, 0.4) is 0 Å². The highest BCUT2D eigenvalue weighted by Crippen LogP contribution is 2.25. The van der Waals surface area contributed by atoms with Crippen molar-refractivity contribution in [1.82, 2.24) is 14.9 Å². The van der Waals surface area contributed by atoms with E-state index in [4.69, 9.17) is 11.6 Å². The summed E-state index contributed by atoms with van der Waals surface area (Å²) in [6.07, 6.45) is 4.14. The maximum Gasteiger partial charge on any atom is 0.251 e. The highest BCUT2D eigenvalue weighted by atomic mass is 35.5. The SMILES string of the molecule is Cc1nc([C@@H]2CCCN(C(=O)CCCc3ccc(Cl)cc3)C2)cc(=O)[nH]1. The van der Waals surface area contributed by atoms with Crippen LogP contribution >= 0.6 is 11.6 Å². The third-order valence-electron chi connectivity index (χ3n) is 4.84. The normalized spacial score (nSPS) is 17.3. The number of amides is 1. The first-order chi connectivity index (χ1) is 12.5. The second-order valence-corrected chi connectivity index (χ2v) is 7.35. The molecule has 3 rings (SSSR count). The molecule has 0 aliphatic carbocycles. The topological polar surface area (TPSA) is 66.1 Å². The number of nitrogens with one attached hydrogen (secondary N) is 1. The van der Waals surface area contributed by atoms with Crippen LogP contribution in [0.5, 0.6) is 0 Å². The van der Waals surface area contributed by atoms with Gasteiger partial charge in [0, 0.05) is 36.5 Å². The lowest BCUT2D eigenvalue weighted by molar-refractivity contribution is -0.132. The molecule has 0 unspecified atom stereocenters. The number of likely N-dealkylation sites (tertiary alicyclic amines) is 1. The Morgan fingerprint density at radius 1 is 1.35 bits per heavy atom. The van der Waals surface area contributed by atoms with Crippen LogP contribution in [0.15, 0.2) is 35.1 Å². The van der Waals surface area contributed by atoms with Gasteiger partial charge in [-0.15, -0.1) is 0 Å². The molecule has 1 N–H and O–H groups in total. The number of aromatic amines is 1. The van der Waals surface area contributed by atoms with Crippen molar-refractivity contribution < 1.29 is 4.79 Å². The lowest BCUT2D eigenvalue weighted by Crippen LogP contribution is -2.39. The van der Waals surface area contributed by atoms with Gasteiger partial charge in [0.15, 0.2) is 0 Å². The number of H-pyrrole nitrogens is 1. The van der Waals surface area contributed by atoms with Crippen LogP contribution in [0, 0.1) is 6.92 Å². The van der Waals surface area contributed by atoms with Crippen LogP contribution in [0.1, 0.15) is 48.7 Å². The molecular weight excluding hydrogens is 350 g/mol. The number of benzene rings is 1. The summed E-state index contributed by atoms with van der Waals surface area (Å²) >= 11 is 5.89. The fourth-order valence-corrected chi connectivity index (χ4v) is 3.64. The van der Waals surface area contributed by atoms with Gasteiger partial charge in [0.25, 0.3) is 5.56 Å². The number of nitrogens with zero attached hydrogens (tertiary/aromatic N) is 2. The maximum absolute atomic E-state index is 12.6. The second-order valence-electron chi connectivity index (χ2n) is 6.91. The molecule has 1 fully saturated rings. The Morgan fingerprint density at radius 2 is 2.12 bits per heavy atom. The Labute approximate surface area is 158 Å². The number of hydrogen-bond donors (Lipinski definition) is 1. The van der Waals surface area contributed by atoms with Crippen molar-refractivity contribution >= 4 is 17.5 Å². The van der Waals surface area contributed by atoms with E-state index >= 15 is 0 Å². The zero-order valence-electron chi connectivity index (χ0n) is 15.0. The number of carbonyl (C=O) groups is 1. The van der Waals surface area contributed by atoms with Gasteiger partial charge >= 0.3 is 0 Å². The number of halogens is 1. The molecule has 138 valence electrons. The molecule has 0 bridgehead atoms. The fraction of sp³-hybridized carbons (Fsp3) is 0.450. The van der Waals surface area contributed by atoms with Crippen LogP contribution in [-0.2, 0) is 11.2 Å². The van der Waals surface area contributed by atoms with E-state index in [2.05, 4.69) is 9.97 Å². The molecule has 0 saturated carbocycles. The van der Waals surface area contributed by atoms with Gasteiger partial charge in [-0.05, 0) is 50.3 Å². The summed E-state index contributed by atoms with van der Waals surface area (Å²) in [4.78, 5) is 33.3. The summed E-state index contributed by atoms with van der Waals surface area (Å²) in [6.45, 7) is 3.22. The van der Waals surface area contributed by atoms with Crippen molar-refractivity contribution in [2.45, 2.75) is 44.9 Å². The minimum absolute atomic E-state index is 0.126. The number of carbonyl (C=O) groups excluding carboxylic acids is 1. The highest BCUT2D eigenvalue weighted by molar-refractivity contribution is 6.30. The Balaban J connectivity index is 1.54. The van der Waals surface area contributed by atoms with Gasteiger partial charge in [0.1, 0.15) is 5.82 Å². The van der Waals surface area contributed by atoms with Gasteiger partial charge in [-0.2, -0.15) is 0 Å². The van der Waals surface area contributed by atoms with E-state index in [1.807, 2.05) is 29.2 Å². The predicted octanol–water partition coefficient (Wildman–Crippen LogP) is 3.46. The van der Waals surface area contributed by atoms with Crippen LogP contribution < -0.4 is 5.56 Å². The molecule has 2 aromatic rings. The monoisotopic (exact) mass is 373 g/mol. The second kappa shape index (κ2) is 8.49. The lowest BCUT2D eigenvalue weighted by atomic mass is 9.94. The van der Waals surface area contributed by atoms with Crippen molar-refractivity contribution in [3.05, 3.63) is 62.8 Å². The quantitative estimate of drug-likeness (QED) is 0.872. The average Bonchev–Trinajstić information content (AvgIpc) is 2.62. The lowest BCUT2D eigenvalue weighted by Gasteiger charge is -2.32. The summed E-state index contributed by atoms with van der Waals surface area (Å²) in [6, 6.07) is 9.33. The van der Waals surface area contributed by atoms with Crippen molar-refractivity contribution in [3.8, 4) is 0 Å². The van der Waals surface area contributed by atoms with Crippen molar-refractivity contribution in [2.24, 2.45) is 0 Å². The Morgan fingerprint density at radius 3 is 2.85 bits per heavy atom.